The van der Waals surface area contributed by atoms with Gasteiger partial charge < -0.3 is 9.64 Å². The first kappa shape index (κ1) is 9.97. The minimum absolute atomic E-state index is 0.0769. The Balaban J connectivity index is 1.90. The van der Waals surface area contributed by atoms with Gasteiger partial charge in [0, 0.05) is 20.2 Å². The lowest BCUT2D eigenvalue weighted by molar-refractivity contribution is 0.122. The van der Waals surface area contributed by atoms with Crippen molar-refractivity contribution in [1.82, 2.24) is 4.90 Å². The van der Waals surface area contributed by atoms with Gasteiger partial charge in [0.05, 0.1) is 0 Å². The second kappa shape index (κ2) is 4.30. The molecule has 0 radical (unpaired) electrons. The van der Waals surface area contributed by atoms with Crippen LogP contribution in [-0.2, 0) is 4.74 Å². The Bertz CT molecular complexity index is 207. The van der Waals surface area contributed by atoms with Crippen LogP contribution >= 0.6 is 0 Å². The van der Waals surface area contributed by atoms with Gasteiger partial charge in [-0.25, -0.2) is 0 Å². The van der Waals surface area contributed by atoms with Crippen LogP contribution in [0.25, 0.3) is 0 Å². The third-order valence-electron chi connectivity index (χ3n) is 3.27. The number of piperidine rings is 1. The molecule has 0 amide bonds. The van der Waals surface area contributed by atoms with E-state index < -0.39 is 0 Å². The molecular formula is C11H20N2O. The van der Waals surface area contributed by atoms with E-state index in [9.17, 15) is 0 Å². The number of ether oxygens (including phenoxy) is 1. The van der Waals surface area contributed by atoms with Gasteiger partial charge in [0.2, 0.25) is 0 Å². The van der Waals surface area contributed by atoms with Crippen molar-refractivity contribution in [2.24, 2.45) is 5.92 Å². The largest absolute Gasteiger partial charge is 0.373 e. The molecule has 1 unspecified atom stereocenters. The van der Waals surface area contributed by atoms with Crippen molar-refractivity contribution in [3.63, 3.8) is 0 Å². The Labute approximate surface area is 85.9 Å². The zero-order valence-electron chi connectivity index (χ0n) is 8.96. The minimum Gasteiger partial charge on any atom is -0.373 e. The Morgan fingerprint density at radius 2 is 1.93 bits per heavy atom. The normalized spacial score (nSPS) is 24.8. The molecule has 1 atom stereocenters. The van der Waals surface area contributed by atoms with Gasteiger partial charge in [-0.1, -0.05) is 0 Å². The summed E-state index contributed by atoms with van der Waals surface area (Å²) >= 11 is 0. The second-order valence-electron chi connectivity index (χ2n) is 4.43. The number of nitrogens with zero attached hydrogens (tertiary/aromatic N) is 1. The van der Waals surface area contributed by atoms with Gasteiger partial charge in [0.1, 0.15) is 11.9 Å². The van der Waals surface area contributed by atoms with E-state index in [0.29, 0.717) is 5.92 Å². The van der Waals surface area contributed by atoms with E-state index in [1.54, 1.807) is 7.11 Å². The summed E-state index contributed by atoms with van der Waals surface area (Å²) in [6, 6.07) is 0. The van der Waals surface area contributed by atoms with Crippen LogP contribution in [0, 0.1) is 11.3 Å². The Morgan fingerprint density at radius 1 is 1.29 bits per heavy atom. The summed E-state index contributed by atoms with van der Waals surface area (Å²) in [5.74, 6) is 1.36. The predicted molar refractivity (Wildman–Crippen MR) is 56.7 cm³/mol. The van der Waals surface area contributed by atoms with E-state index in [4.69, 9.17) is 10.1 Å². The number of amidine groups is 1. The maximum absolute atomic E-state index is 8.11. The molecule has 3 heteroatoms. The van der Waals surface area contributed by atoms with Crippen molar-refractivity contribution < 1.29 is 4.74 Å². The highest BCUT2D eigenvalue weighted by molar-refractivity contribution is 5.84. The van der Waals surface area contributed by atoms with Gasteiger partial charge in [-0.05, 0) is 38.0 Å². The van der Waals surface area contributed by atoms with Crippen LogP contribution in [0.2, 0.25) is 0 Å². The summed E-state index contributed by atoms with van der Waals surface area (Å²) in [4.78, 5) is 2.20. The molecule has 1 aliphatic carbocycles. The van der Waals surface area contributed by atoms with Crippen molar-refractivity contribution in [1.29, 1.82) is 5.41 Å². The Kier molecular flexibility index (Phi) is 3.06. The van der Waals surface area contributed by atoms with Gasteiger partial charge in [-0.15, -0.1) is 0 Å². The van der Waals surface area contributed by atoms with Crippen LogP contribution in [0.15, 0.2) is 0 Å². The van der Waals surface area contributed by atoms with Crippen molar-refractivity contribution in [2.75, 3.05) is 20.2 Å². The van der Waals surface area contributed by atoms with Gasteiger partial charge in [-0.3, -0.25) is 5.41 Å². The molecule has 0 aromatic carbocycles. The fraction of sp³-hybridized carbons (Fsp3) is 0.909. The fourth-order valence-electron chi connectivity index (χ4n) is 2.24. The lowest BCUT2D eigenvalue weighted by atomic mass is 10.1. The van der Waals surface area contributed by atoms with E-state index in [1.807, 2.05) is 0 Å². The number of likely N-dealkylation sites (tertiary alicyclic amines) is 1. The first-order valence-electron chi connectivity index (χ1n) is 5.69. The Morgan fingerprint density at radius 3 is 2.43 bits per heavy atom. The van der Waals surface area contributed by atoms with Crippen LogP contribution in [0.1, 0.15) is 32.1 Å². The molecule has 2 aliphatic rings. The van der Waals surface area contributed by atoms with Gasteiger partial charge in [0.15, 0.2) is 0 Å². The third kappa shape index (κ3) is 2.08. The summed E-state index contributed by atoms with van der Waals surface area (Å²) in [5.41, 5.74) is 0. The van der Waals surface area contributed by atoms with Crippen LogP contribution in [0.4, 0.5) is 0 Å². The minimum atomic E-state index is 0.0769. The molecule has 14 heavy (non-hydrogen) atoms. The van der Waals surface area contributed by atoms with E-state index in [2.05, 4.69) is 4.90 Å². The van der Waals surface area contributed by atoms with E-state index >= 15 is 0 Å². The molecule has 1 heterocycles. The predicted octanol–water partition coefficient (Wildman–Crippen LogP) is 1.87. The standard InChI is InChI=1S/C11H20N2O/c1-14-10(9-5-6-9)11(12)13-7-3-2-4-8-13/h9-10,12H,2-8H2,1H3. The zero-order valence-corrected chi connectivity index (χ0v) is 8.96. The monoisotopic (exact) mass is 196 g/mol. The smallest absolute Gasteiger partial charge is 0.126 e. The van der Waals surface area contributed by atoms with Crippen LogP contribution in [-0.4, -0.2) is 37.0 Å². The number of rotatable bonds is 3. The first-order valence-corrected chi connectivity index (χ1v) is 5.69. The van der Waals surface area contributed by atoms with E-state index in [-0.39, 0.29) is 6.10 Å². The van der Waals surface area contributed by atoms with Gasteiger partial charge >= 0.3 is 0 Å². The number of methoxy groups -OCH3 is 1. The molecule has 1 saturated carbocycles. The lowest BCUT2D eigenvalue weighted by Gasteiger charge is -2.32. The highest BCUT2D eigenvalue weighted by Gasteiger charge is 2.36. The number of hydrogen-bond donors (Lipinski definition) is 1. The molecule has 0 aromatic heterocycles. The Hall–Kier alpha value is -0.570. The van der Waals surface area contributed by atoms with Crippen LogP contribution in [0.3, 0.4) is 0 Å². The molecule has 0 bridgehead atoms. The van der Waals surface area contributed by atoms with Crippen LogP contribution in [0.5, 0.6) is 0 Å². The average molecular weight is 196 g/mol. The SMILES string of the molecule is COC(C(=N)N1CCCCC1)C1CC1. The summed E-state index contributed by atoms with van der Waals surface area (Å²) in [7, 11) is 1.74. The molecular weight excluding hydrogens is 176 g/mol. The van der Waals surface area contributed by atoms with Crippen molar-refractivity contribution in [2.45, 2.75) is 38.2 Å². The molecule has 3 nitrogen and oxygen atoms in total. The average Bonchev–Trinajstić information content (AvgIpc) is 3.04. The van der Waals surface area contributed by atoms with Gasteiger partial charge in [0.25, 0.3) is 0 Å². The van der Waals surface area contributed by atoms with E-state index in [1.165, 1.54) is 32.1 Å². The highest BCUT2D eigenvalue weighted by atomic mass is 16.5. The van der Waals surface area contributed by atoms with Crippen molar-refractivity contribution in [3.8, 4) is 0 Å². The maximum atomic E-state index is 8.11. The second-order valence-corrected chi connectivity index (χ2v) is 4.43. The summed E-state index contributed by atoms with van der Waals surface area (Å²) in [6.45, 7) is 2.12. The third-order valence-corrected chi connectivity index (χ3v) is 3.27. The first-order chi connectivity index (χ1) is 6.83. The van der Waals surface area contributed by atoms with Crippen molar-refractivity contribution in [3.05, 3.63) is 0 Å². The number of nitrogens with one attached hydrogen (secondary N) is 1. The van der Waals surface area contributed by atoms with Crippen molar-refractivity contribution >= 4 is 5.84 Å². The van der Waals surface area contributed by atoms with E-state index in [0.717, 1.165) is 18.9 Å². The number of hydrogen-bond acceptors (Lipinski definition) is 2. The molecule has 0 aromatic rings. The quantitative estimate of drug-likeness (QED) is 0.552. The molecule has 2 rings (SSSR count). The summed E-state index contributed by atoms with van der Waals surface area (Å²) < 4.78 is 5.42. The highest BCUT2D eigenvalue weighted by Crippen LogP contribution is 2.35. The molecule has 1 aliphatic heterocycles. The summed E-state index contributed by atoms with van der Waals surface area (Å²) in [6.07, 6.45) is 6.37. The fourth-order valence-corrected chi connectivity index (χ4v) is 2.24. The van der Waals surface area contributed by atoms with Crippen LogP contribution < -0.4 is 0 Å². The molecule has 2 fully saturated rings. The van der Waals surface area contributed by atoms with Gasteiger partial charge in [-0.2, -0.15) is 0 Å². The molecule has 1 saturated heterocycles. The zero-order chi connectivity index (χ0) is 9.97. The molecule has 0 spiro atoms. The lowest BCUT2D eigenvalue weighted by Crippen LogP contribution is -2.43. The topological polar surface area (TPSA) is 36.3 Å². The summed E-state index contributed by atoms with van der Waals surface area (Å²) in [5, 5.41) is 8.11. The maximum Gasteiger partial charge on any atom is 0.126 e. The molecule has 80 valence electrons. The molecule has 1 N–H and O–H groups in total.